The zero-order chi connectivity index (χ0) is 29.7. The average molecular weight is 607 g/mol. The number of amidine groups is 1. The first-order valence-corrected chi connectivity index (χ1v) is 14.8. The second-order valence-electron chi connectivity index (χ2n) is 11.5. The molecule has 0 amide bonds. The molecular formula is C32H30ClF3N6O. The van der Waals surface area contributed by atoms with E-state index in [-0.39, 0.29) is 6.01 Å². The number of alkyl halides is 3. The van der Waals surface area contributed by atoms with Crippen molar-refractivity contribution in [3.63, 3.8) is 0 Å². The van der Waals surface area contributed by atoms with Crippen LogP contribution < -0.4 is 19.9 Å². The van der Waals surface area contributed by atoms with Gasteiger partial charge in [-0.05, 0) is 73.6 Å². The molecule has 222 valence electrons. The smallest absolute Gasteiger partial charge is 0.416 e. The van der Waals surface area contributed by atoms with Gasteiger partial charge in [0.25, 0.3) is 0 Å². The summed E-state index contributed by atoms with van der Waals surface area (Å²) in [5.74, 6) is 3.05. The average Bonchev–Trinajstić information content (AvgIpc) is 3.62. The van der Waals surface area contributed by atoms with Crippen molar-refractivity contribution in [1.82, 2.24) is 9.97 Å². The van der Waals surface area contributed by atoms with E-state index in [4.69, 9.17) is 21.3 Å². The van der Waals surface area contributed by atoms with Gasteiger partial charge in [-0.25, -0.2) is 0 Å². The fourth-order valence-corrected chi connectivity index (χ4v) is 6.08. The summed E-state index contributed by atoms with van der Waals surface area (Å²) >= 11 is 6.75. The number of piperazine rings is 1. The Morgan fingerprint density at radius 1 is 0.977 bits per heavy atom. The number of hydrogen-bond donors (Lipinski definition) is 1. The third kappa shape index (κ3) is 5.93. The van der Waals surface area contributed by atoms with Crippen LogP contribution in [0.5, 0.6) is 11.8 Å². The highest BCUT2D eigenvalue weighted by Gasteiger charge is 2.31. The number of hydrogen-bond acceptors (Lipinski definition) is 7. The molecule has 2 fully saturated rings. The standard InChI is InChI=1S/C32H30ClF3N6O/c1-19-13-21-7-8-26(30(33)25(21)14-19)43-31-39-28(38-27-15-22(18-37-27)20-5-6-20)17-29(40-31)42-11-9-41(10-12-42)24-4-2-3-23(16-24)32(34,35)36/h2-4,7-8,14-17,20H,5-6,9-13,18H2,1H3,(H,37,38,39,40). The predicted molar refractivity (Wildman–Crippen MR) is 164 cm³/mol. The molecule has 0 unspecified atom stereocenters. The number of ether oxygens (including phenoxy) is 1. The van der Waals surface area contributed by atoms with Crippen molar-refractivity contribution in [2.24, 2.45) is 10.9 Å². The van der Waals surface area contributed by atoms with E-state index in [0.717, 1.165) is 29.4 Å². The fraction of sp³-hybridized carbons (Fsp3) is 0.344. The molecule has 1 saturated heterocycles. The molecule has 2 aliphatic carbocycles. The van der Waals surface area contributed by atoms with Gasteiger partial charge in [-0.1, -0.05) is 35.4 Å². The van der Waals surface area contributed by atoms with Crippen LogP contribution in [0.1, 0.15) is 36.5 Å². The second-order valence-corrected chi connectivity index (χ2v) is 11.8. The monoisotopic (exact) mass is 606 g/mol. The topological polar surface area (TPSA) is 65.9 Å². The number of fused-ring (bicyclic) bond motifs is 1. The zero-order valence-corrected chi connectivity index (χ0v) is 24.3. The molecule has 2 aliphatic heterocycles. The van der Waals surface area contributed by atoms with Crippen molar-refractivity contribution < 1.29 is 17.9 Å². The van der Waals surface area contributed by atoms with Gasteiger partial charge in [0.05, 0.1) is 17.1 Å². The van der Waals surface area contributed by atoms with Gasteiger partial charge in [0.15, 0.2) is 0 Å². The molecule has 0 atom stereocenters. The molecule has 2 aromatic carbocycles. The van der Waals surface area contributed by atoms with E-state index in [2.05, 4.69) is 39.3 Å². The van der Waals surface area contributed by atoms with Crippen LogP contribution in [0.15, 0.2) is 64.7 Å². The maximum absolute atomic E-state index is 13.3. The van der Waals surface area contributed by atoms with Gasteiger partial charge in [-0.15, -0.1) is 0 Å². The molecule has 4 aliphatic rings. The lowest BCUT2D eigenvalue weighted by Gasteiger charge is -2.37. The molecule has 0 radical (unpaired) electrons. The molecule has 0 spiro atoms. The molecule has 1 N–H and O–H groups in total. The van der Waals surface area contributed by atoms with Crippen LogP contribution in [0.3, 0.4) is 0 Å². The molecule has 1 saturated carbocycles. The van der Waals surface area contributed by atoms with E-state index >= 15 is 0 Å². The SMILES string of the molecule is CC1=Cc2c(ccc(Oc3nc(NC4=NCC(C5CC5)=C4)cc(N4CCN(c5cccc(C(F)(F)F)c5)CC4)n3)c2Cl)C1. The number of anilines is 3. The highest BCUT2D eigenvalue weighted by molar-refractivity contribution is 6.33. The lowest BCUT2D eigenvalue weighted by molar-refractivity contribution is -0.137. The molecule has 43 heavy (non-hydrogen) atoms. The first-order valence-electron chi connectivity index (χ1n) is 14.4. The Hall–Kier alpha value is -4.05. The summed E-state index contributed by atoms with van der Waals surface area (Å²) in [7, 11) is 0. The summed E-state index contributed by atoms with van der Waals surface area (Å²) in [6.45, 7) is 4.96. The van der Waals surface area contributed by atoms with Crippen molar-refractivity contribution in [3.8, 4) is 11.8 Å². The van der Waals surface area contributed by atoms with Crippen LogP contribution in [0.25, 0.3) is 6.08 Å². The minimum absolute atomic E-state index is 0.144. The van der Waals surface area contributed by atoms with Crippen LogP contribution in [0, 0.1) is 5.92 Å². The van der Waals surface area contributed by atoms with E-state index in [9.17, 15) is 13.2 Å². The van der Waals surface area contributed by atoms with Gasteiger partial charge in [0, 0.05) is 43.5 Å². The molecule has 11 heteroatoms. The minimum atomic E-state index is -4.38. The van der Waals surface area contributed by atoms with Crippen LogP contribution in [-0.2, 0) is 12.6 Å². The number of aliphatic imine (C=N–C) groups is 1. The lowest BCUT2D eigenvalue weighted by Crippen LogP contribution is -2.47. The van der Waals surface area contributed by atoms with Gasteiger partial charge in [-0.2, -0.15) is 23.1 Å². The normalized spacial score (nSPS) is 18.3. The summed E-state index contributed by atoms with van der Waals surface area (Å²) in [6, 6.07) is 11.3. The largest absolute Gasteiger partial charge is 0.423 e. The zero-order valence-electron chi connectivity index (χ0n) is 23.6. The Morgan fingerprint density at radius 3 is 2.53 bits per heavy atom. The number of aromatic nitrogens is 2. The van der Waals surface area contributed by atoms with Gasteiger partial charge in [-0.3, -0.25) is 4.99 Å². The van der Waals surface area contributed by atoms with Crippen LogP contribution in [0.2, 0.25) is 5.02 Å². The van der Waals surface area contributed by atoms with Crippen LogP contribution in [-0.4, -0.2) is 48.5 Å². The third-order valence-electron chi connectivity index (χ3n) is 8.24. The van der Waals surface area contributed by atoms with E-state index in [1.54, 1.807) is 6.07 Å². The summed E-state index contributed by atoms with van der Waals surface area (Å²) in [5.41, 5.74) is 4.59. The fourth-order valence-electron chi connectivity index (χ4n) is 5.81. The maximum Gasteiger partial charge on any atom is 0.416 e. The van der Waals surface area contributed by atoms with Gasteiger partial charge in [0.1, 0.15) is 23.2 Å². The van der Waals surface area contributed by atoms with Gasteiger partial charge in [0.2, 0.25) is 0 Å². The summed E-state index contributed by atoms with van der Waals surface area (Å²) in [6.07, 6.45) is 3.08. The Balaban J connectivity index is 1.14. The minimum Gasteiger partial charge on any atom is -0.423 e. The quantitative estimate of drug-likeness (QED) is 0.316. The Labute approximate surface area is 252 Å². The number of halogens is 4. The Bertz CT molecular complexity index is 1670. The van der Waals surface area contributed by atoms with Crippen LogP contribution >= 0.6 is 11.6 Å². The van der Waals surface area contributed by atoms with Crippen molar-refractivity contribution in [1.29, 1.82) is 0 Å². The third-order valence-corrected chi connectivity index (χ3v) is 8.63. The van der Waals surface area contributed by atoms with Crippen LogP contribution in [0.4, 0.5) is 30.5 Å². The Morgan fingerprint density at radius 2 is 1.77 bits per heavy atom. The number of rotatable bonds is 6. The number of benzene rings is 2. The maximum atomic E-state index is 13.3. The number of nitrogens with zero attached hydrogens (tertiary/aromatic N) is 5. The molecule has 7 nitrogen and oxygen atoms in total. The molecule has 3 aromatic rings. The number of nitrogens with one attached hydrogen (secondary N) is 1. The van der Waals surface area contributed by atoms with Crippen molar-refractivity contribution >= 4 is 40.8 Å². The lowest BCUT2D eigenvalue weighted by atomic mass is 10.1. The van der Waals surface area contributed by atoms with E-state index in [1.807, 2.05) is 23.1 Å². The number of allylic oxidation sites excluding steroid dienone is 1. The molecule has 0 bridgehead atoms. The highest BCUT2D eigenvalue weighted by atomic mass is 35.5. The molecule has 7 rings (SSSR count). The Kier molecular flexibility index (Phi) is 7.04. The molecular weight excluding hydrogens is 577 g/mol. The van der Waals surface area contributed by atoms with Crippen molar-refractivity contribution in [2.45, 2.75) is 32.4 Å². The summed E-state index contributed by atoms with van der Waals surface area (Å²) < 4.78 is 46.0. The first-order chi connectivity index (χ1) is 20.7. The van der Waals surface area contributed by atoms with Crippen molar-refractivity contribution in [3.05, 3.63) is 81.4 Å². The summed E-state index contributed by atoms with van der Waals surface area (Å²) in [4.78, 5) is 18.1. The highest BCUT2D eigenvalue weighted by Crippen LogP contribution is 2.40. The van der Waals surface area contributed by atoms with E-state index in [0.29, 0.717) is 66.7 Å². The van der Waals surface area contributed by atoms with E-state index < -0.39 is 11.7 Å². The molecule has 3 heterocycles. The van der Waals surface area contributed by atoms with E-state index in [1.165, 1.54) is 36.1 Å². The van der Waals surface area contributed by atoms with Gasteiger partial charge >= 0.3 is 12.2 Å². The second kappa shape index (κ2) is 10.9. The van der Waals surface area contributed by atoms with Crippen molar-refractivity contribution in [2.75, 3.05) is 47.8 Å². The summed E-state index contributed by atoms with van der Waals surface area (Å²) in [5, 5.41) is 3.85. The van der Waals surface area contributed by atoms with Gasteiger partial charge < -0.3 is 19.9 Å². The molecule has 1 aromatic heterocycles. The predicted octanol–water partition coefficient (Wildman–Crippen LogP) is 7.39. The first kappa shape index (κ1) is 27.8.